The molecule has 4 atom stereocenters. The van der Waals surface area contributed by atoms with Crippen LogP contribution in [0.3, 0.4) is 0 Å². The Labute approximate surface area is 145 Å². The van der Waals surface area contributed by atoms with Crippen molar-refractivity contribution in [2.75, 3.05) is 0 Å². The van der Waals surface area contributed by atoms with Crippen molar-refractivity contribution in [3.8, 4) is 0 Å². The highest BCUT2D eigenvalue weighted by Gasteiger charge is 2.56. The van der Waals surface area contributed by atoms with Crippen LogP contribution in [0.4, 0.5) is 0 Å². The summed E-state index contributed by atoms with van der Waals surface area (Å²) in [6.45, 7) is 0. The molecule has 7 fully saturated rings. The number of fused-ring (bicyclic) bond motifs is 2. The van der Waals surface area contributed by atoms with Gasteiger partial charge >= 0.3 is 0 Å². The van der Waals surface area contributed by atoms with E-state index in [0.717, 1.165) is 35.9 Å². The van der Waals surface area contributed by atoms with Crippen molar-refractivity contribution in [3.05, 3.63) is 0 Å². The lowest BCUT2D eigenvalue weighted by Crippen LogP contribution is -3.19. The highest BCUT2D eigenvalue weighted by atomic mass is 16.2. The third kappa shape index (κ3) is 2.15. The van der Waals surface area contributed by atoms with Gasteiger partial charge in [-0.05, 0) is 56.3 Å². The average Bonchev–Trinajstić information content (AvgIpc) is 3.32. The molecule has 7 rings (SSSR count). The first-order valence-electron chi connectivity index (χ1n) is 10.9. The highest BCUT2D eigenvalue weighted by Crippen LogP contribution is 2.60. The zero-order valence-electron chi connectivity index (χ0n) is 14.9. The topological polar surface area (TPSA) is 33.5 Å². The number of hydrogen-bond acceptors (Lipinski definition) is 1. The van der Waals surface area contributed by atoms with Gasteiger partial charge in [0.2, 0.25) is 5.91 Å². The number of carbonyl (C=O) groups excluding carboxylic acids is 1. The summed E-state index contributed by atoms with van der Waals surface area (Å²) < 4.78 is 0. The quantitative estimate of drug-likeness (QED) is 0.816. The fourth-order valence-corrected chi connectivity index (χ4v) is 8.29. The second kappa shape index (κ2) is 4.99. The van der Waals surface area contributed by atoms with Crippen LogP contribution in [-0.2, 0) is 4.79 Å². The molecule has 2 aliphatic heterocycles. The number of nitrogens with one attached hydrogen (secondary N) is 2. The van der Waals surface area contributed by atoms with Gasteiger partial charge < -0.3 is 10.2 Å². The van der Waals surface area contributed by atoms with Crippen molar-refractivity contribution in [3.63, 3.8) is 0 Å². The van der Waals surface area contributed by atoms with Gasteiger partial charge in [0.15, 0.2) is 0 Å². The predicted molar refractivity (Wildman–Crippen MR) is 92.6 cm³/mol. The molecule has 24 heavy (non-hydrogen) atoms. The minimum atomic E-state index is 0.0499. The monoisotopic (exact) mass is 329 g/mol. The molecular weight excluding hydrogens is 296 g/mol. The number of hydrogen-bond donors (Lipinski definition) is 2. The van der Waals surface area contributed by atoms with E-state index < -0.39 is 0 Å². The Morgan fingerprint density at radius 3 is 1.75 bits per heavy atom. The molecule has 0 spiro atoms. The average molecular weight is 330 g/mol. The second-order valence-corrected chi connectivity index (χ2v) is 10.6. The lowest BCUT2D eigenvalue weighted by atomic mass is 9.49. The van der Waals surface area contributed by atoms with Crippen LogP contribution in [0.25, 0.3) is 0 Å². The summed E-state index contributed by atoms with van der Waals surface area (Å²) in [5.74, 6) is 3.10. The van der Waals surface area contributed by atoms with Gasteiger partial charge in [-0.1, -0.05) is 0 Å². The Hall–Kier alpha value is -0.570. The van der Waals surface area contributed by atoms with Crippen LogP contribution in [-0.4, -0.2) is 30.1 Å². The Balaban J connectivity index is 1.15. The fraction of sp³-hybridized carbons (Fsp3) is 0.952. The second-order valence-electron chi connectivity index (χ2n) is 10.6. The van der Waals surface area contributed by atoms with Gasteiger partial charge in [0, 0.05) is 50.0 Å². The molecule has 132 valence electrons. The predicted octanol–water partition coefficient (Wildman–Crippen LogP) is 2.06. The van der Waals surface area contributed by atoms with E-state index in [1.165, 1.54) is 77.0 Å². The summed E-state index contributed by atoms with van der Waals surface area (Å²) in [4.78, 5) is 15.2. The minimum Gasteiger partial charge on any atom is -0.352 e. The van der Waals surface area contributed by atoms with E-state index in [9.17, 15) is 4.79 Å². The van der Waals surface area contributed by atoms with E-state index in [0.29, 0.717) is 11.9 Å². The maximum absolute atomic E-state index is 13.3. The molecular formula is C21H33N2O+. The Morgan fingerprint density at radius 1 is 0.750 bits per heavy atom. The molecule has 3 heteroatoms. The van der Waals surface area contributed by atoms with E-state index in [4.69, 9.17) is 0 Å². The van der Waals surface area contributed by atoms with Gasteiger partial charge in [-0.15, -0.1) is 0 Å². The summed E-state index contributed by atoms with van der Waals surface area (Å²) in [6.07, 6.45) is 16.2. The van der Waals surface area contributed by atoms with Crippen LogP contribution >= 0.6 is 0 Å². The summed E-state index contributed by atoms with van der Waals surface area (Å²) in [5, 5.41) is 3.60. The molecule has 6 bridgehead atoms. The van der Waals surface area contributed by atoms with Gasteiger partial charge in [0.1, 0.15) is 0 Å². The first-order valence-corrected chi connectivity index (χ1v) is 10.9. The maximum atomic E-state index is 13.3. The Kier molecular flexibility index (Phi) is 3.03. The van der Waals surface area contributed by atoms with Crippen LogP contribution in [0.15, 0.2) is 0 Å². The van der Waals surface area contributed by atoms with Crippen LogP contribution in [0.2, 0.25) is 0 Å². The molecule has 5 saturated carbocycles. The number of rotatable bonds is 3. The zero-order chi connectivity index (χ0) is 15.9. The fourth-order valence-electron chi connectivity index (χ4n) is 8.29. The Morgan fingerprint density at radius 2 is 1.25 bits per heavy atom. The summed E-state index contributed by atoms with van der Waals surface area (Å²) in [7, 11) is 0. The summed E-state index contributed by atoms with van der Waals surface area (Å²) >= 11 is 0. The van der Waals surface area contributed by atoms with Crippen LogP contribution in [0.5, 0.6) is 0 Å². The van der Waals surface area contributed by atoms with E-state index in [-0.39, 0.29) is 5.41 Å². The first kappa shape index (κ1) is 14.6. The van der Waals surface area contributed by atoms with Gasteiger partial charge in [-0.2, -0.15) is 0 Å². The first-order chi connectivity index (χ1) is 11.7. The number of amides is 1. The van der Waals surface area contributed by atoms with Gasteiger partial charge in [0.25, 0.3) is 0 Å². The third-order valence-corrected chi connectivity index (χ3v) is 8.85. The third-order valence-electron chi connectivity index (χ3n) is 8.85. The molecule has 2 saturated heterocycles. The Bertz CT molecular complexity index is 505. The van der Waals surface area contributed by atoms with Crippen molar-refractivity contribution >= 4 is 5.91 Å². The molecule has 2 N–H and O–H groups in total. The van der Waals surface area contributed by atoms with E-state index in [1.54, 1.807) is 0 Å². The van der Waals surface area contributed by atoms with Crippen molar-refractivity contribution in [2.24, 2.45) is 23.2 Å². The molecule has 2 heterocycles. The smallest absolute Gasteiger partial charge is 0.226 e. The highest BCUT2D eigenvalue weighted by molar-refractivity contribution is 5.83. The van der Waals surface area contributed by atoms with Crippen molar-refractivity contribution in [1.29, 1.82) is 0 Å². The van der Waals surface area contributed by atoms with Crippen LogP contribution in [0.1, 0.15) is 77.0 Å². The number of quaternary nitrogens is 1. The number of carbonyl (C=O) groups is 1. The van der Waals surface area contributed by atoms with E-state index >= 15 is 0 Å². The van der Waals surface area contributed by atoms with E-state index in [2.05, 4.69) is 5.32 Å². The summed E-state index contributed by atoms with van der Waals surface area (Å²) in [5.41, 5.74) is 0.0499. The van der Waals surface area contributed by atoms with Gasteiger partial charge in [0.05, 0.1) is 18.1 Å². The van der Waals surface area contributed by atoms with Crippen LogP contribution in [0, 0.1) is 23.2 Å². The molecule has 7 aliphatic rings. The lowest BCUT2D eigenvalue weighted by Gasteiger charge is -2.56. The maximum Gasteiger partial charge on any atom is 0.226 e. The number of piperidine rings is 1. The molecule has 2 unspecified atom stereocenters. The van der Waals surface area contributed by atoms with Crippen molar-refractivity contribution in [2.45, 2.75) is 101 Å². The molecule has 5 aliphatic carbocycles. The molecule has 0 aromatic carbocycles. The summed E-state index contributed by atoms with van der Waals surface area (Å²) in [6, 6.07) is 3.20. The van der Waals surface area contributed by atoms with Crippen molar-refractivity contribution in [1.82, 2.24) is 5.32 Å². The molecule has 0 radical (unpaired) electrons. The SMILES string of the molecule is O=C(NC1C[C@H]2CC[C@@H](C1)[NH+]2C1CC1)C12CC3CC(CC(C3)C1)C2. The molecule has 3 nitrogen and oxygen atoms in total. The van der Waals surface area contributed by atoms with E-state index in [1.807, 2.05) is 4.90 Å². The lowest BCUT2D eigenvalue weighted by molar-refractivity contribution is -0.952. The zero-order valence-corrected chi connectivity index (χ0v) is 14.9. The minimum absolute atomic E-state index is 0.0499. The van der Waals surface area contributed by atoms with Crippen molar-refractivity contribution < 1.29 is 9.69 Å². The van der Waals surface area contributed by atoms with Gasteiger partial charge in [-0.25, -0.2) is 0 Å². The van der Waals surface area contributed by atoms with Gasteiger partial charge in [-0.3, -0.25) is 4.79 Å². The molecule has 1 amide bonds. The normalized spacial score (nSPS) is 54.9. The molecule has 0 aromatic heterocycles. The largest absolute Gasteiger partial charge is 0.352 e. The molecule has 0 aromatic rings. The standard InChI is InChI=1S/C21H32N2O/c24-20(21-10-13-5-14(11-21)7-15(6-13)12-21)22-16-8-18-3-4-19(9-16)23(18)17-1-2-17/h13-19H,1-12H2,(H,22,24)/p+1/t13?,14?,15?,16?,18-,19+,21?. The van der Waals surface area contributed by atoms with Crippen LogP contribution < -0.4 is 10.2 Å².